The molecule has 0 unspecified atom stereocenters. The van der Waals surface area contributed by atoms with Crippen molar-refractivity contribution in [2.75, 3.05) is 39.3 Å². The largest absolute Gasteiger partial charge is 0.494 e. The summed E-state index contributed by atoms with van der Waals surface area (Å²) in [6, 6.07) is 18.9. The van der Waals surface area contributed by atoms with Gasteiger partial charge in [0.1, 0.15) is 17.4 Å². The van der Waals surface area contributed by atoms with E-state index in [1.54, 1.807) is 12.1 Å². The molecule has 6 heteroatoms. The average Bonchev–Trinajstić information content (AvgIpc) is 2.80. The number of halogens is 3. The van der Waals surface area contributed by atoms with Crippen LogP contribution in [0.15, 0.2) is 66.7 Å². The van der Waals surface area contributed by atoms with Gasteiger partial charge < -0.3 is 9.64 Å². The van der Waals surface area contributed by atoms with Gasteiger partial charge >= 0.3 is 0 Å². The fourth-order valence-corrected chi connectivity index (χ4v) is 4.08. The number of hydrogen-bond acceptors (Lipinski definition) is 3. The number of benzene rings is 3. The van der Waals surface area contributed by atoms with Crippen LogP contribution >= 0.6 is 11.6 Å². The van der Waals surface area contributed by atoms with Crippen LogP contribution in [0.2, 0.25) is 5.02 Å². The van der Waals surface area contributed by atoms with Crippen molar-refractivity contribution in [2.24, 2.45) is 0 Å². The highest BCUT2D eigenvalue weighted by molar-refractivity contribution is 6.30. The molecule has 3 aromatic carbocycles. The van der Waals surface area contributed by atoms with Crippen molar-refractivity contribution in [3.8, 4) is 16.9 Å². The van der Waals surface area contributed by atoms with Crippen molar-refractivity contribution < 1.29 is 13.5 Å². The second-order valence-corrected chi connectivity index (χ2v) is 8.53. The number of hydrogen-bond donors (Lipinski definition) is 0. The van der Waals surface area contributed by atoms with Crippen LogP contribution in [0.3, 0.4) is 0 Å². The van der Waals surface area contributed by atoms with Crippen LogP contribution in [0.5, 0.6) is 5.75 Å². The summed E-state index contributed by atoms with van der Waals surface area (Å²) in [4.78, 5) is 4.95. The monoisotopic (exact) mass is 456 g/mol. The highest BCUT2D eigenvalue weighted by Gasteiger charge is 2.16. The molecule has 0 bridgehead atoms. The van der Waals surface area contributed by atoms with Crippen molar-refractivity contribution in [1.29, 1.82) is 0 Å². The zero-order chi connectivity index (χ0) is 22.3. The second-order valence-electron chi connectivity index (χ2n) is 8.09. The SMILES string of the molecule is Fc1ccc(-c2ccc(OCCCN3CCN(Cc4ccc(Cl)cc4)CC3)cc2)c(F)c1. The number of rotatable bonds is 8. The Morgan fingerprint density at radius 1 is 0.812 bits per heavy atom. The summed E-state index contributed by atoms with van der Waals surface area (Å²) < 4.78 is 32.9. The Balaban J connectivity index is 1.15. The second kappa shape index (κ2) is 10.9. The standard InChI is InChI=1S/C26H27ClF2N2O/c27-22-6-2-20(3-7-22)19-31-15-13-30(14-16-31)12-1-17-32-24-9-4-21(5-10-24)25-11-8-23(28)18-26(25)29/h2-11,18H,1,12-17,19H2. The topological polar surface area (TPSA) is 15.7 Å². The van der Waals surface area contributed by atoms with Crippen molar-refractivity contribution in [1.82, 2.24) is 9.80 Å². The summed E-state index contributed by atoms with van der Waals surface area (Å²) in [6.07, 6.45) is 0.950. The van der Waals surface area contributed by atoms with E-state index in [9.17, 15) is 8.78 Å². The zero-order valence-corrected chi connectivity index (χ0v) is 18.7. The van der Waals surface area contributed by atoms with E-state index < -0.39 is 11.6 Å². The maximum atomic E-state index is 13.9. The van der Waals surface area contributed by atoms with Crippen LogP contribution in [-0.4, -0.2) is 49.1 Å². The first-order valence-corrected chi connectivity index (χ1v) is 11.3. The molecule has 0 saturated carbocycles. The van der Waals surface area contributed by atoms with Gasteiger partial charge in [-0.1, -0.05) is 35.9 Å². The third-order valence-electron chi connectivity index (χ3n) is 5.77. The van der Waals surface area contributed by atoms with Gasteiger partial charge in [-0.2, -0.15) is 0 Å². The van der Waals surface area contributed by atoms with E-state index in [1.807, 2.05) is 24.3 Å². The van der Waals surface area contributed by atoms with Crippen molar-refractivity contribution >= 4 is 11.6 Å². The van der Waals surface area contributed by atoms with Gasteiger partial charge in [0.05, 0.1) is 6.61 Å². The summed E-state index contributed by atoms with van der Waals surface area (Å²) in [5.41, 5.74) is 2.38. The highest BCUT2D eigenvalue weighted by atomic mass is 35.5. The molecular formula is C26H27ClF2N2O. The minimum Gasteiger partial charge on any atom is -0.494 e. The first kappa shape index (κ1) is 22.7. The molecule has 1 fully saturated rings. The Bertz CT molecular complexity index is 1000. The third-order valence-corrected chi connectivity index (χ3v) is 6.02. The van der Waals surface area contributed by atoms with E-state index in [2.05, 4.69) is 21.9 Å². The van der Waals surface area contributed by atoms with Crippen LogP contribution in [0, 0.1) is 11.6 Å². The van der Waals surface area contributed by atoms with Crippen molar-refractivity contribution in [3.05, 3.63) is 89.0 Å². The van der Waals surface area contributed by atoms with Crippen LogP contribution in [0.4, 0.5) is 8.78 Å². The molecule has 3 aromatic rings. The van der Waals surface area contributed by atoms with Gasteiger partial charge in [0.15, 0.2) is 0 Å². The summed E-state index contributed by atoms with van der Waals surface area (Å²) in [5, 5.41) is 0.776. The number of piperazine rings is 1. The summed E-state index contributed by atoms with van der Waals surface area (Å²) in [7, 11) is 0. The Hall–Kier alpha value is -2.47. The molecule has 32 heavy (non-hydrogen) atoms. The van der Waals surface area contributed by atoms with Gasteiger partial charge in [-0.3, -0.25) is 4.90 Å². The van der Waals surface area contributed by atoms with Crippen molar-refractivity contribution in [3.63, 3.8) is 0 Å². The molecule has 0 spiro atoms. The Morgan fingerprint density at radius 2 is 1.50 bits per heavy atom. The molecule has 1 heterocycles. The first-order chi connectivity index (χ1) is 15.6. The summed E-state index contributed by atoms with van der Waals surface area (Å²) >= 11 is 5.96. The number of ether oxygens (including phenoxy) is 1. The molecule has 4 rings (SSSR count). The Labute approximate surface area is 193 Å². The lowest BCUT2D eigenvalue weighted by Gasteiger charge is -2.34. The molecule has 0 aromatic heterocycles. The predicted octanol–water partition coefficient (Wildman–Crippen LogP) is 5.87. The Morgan fingerprint density at radius 3 is 2.19 bits per heavy atom. The molecule has 3 nitrogen and oxygen atoms in total. The van der Waals surface area contributed by atoms with E-state index in [4.69, 9.17) is 16.3 Å². The molecule has 0 aliphatic carbocycles. The molecule has 1 saturated heterocycles. The molecule has 1 aliphatic rings. The van der Waals surface area contributed by atoms with Gasteiger partial charge in [0.25, 0.3) is 0 Å². The molecule has 168 valence electrons. The normalized spacial score (nSPS) is 15.1. The lowest BCUT2D eigenvalue weighted by Crippen LogP contribution is -2.46. The van der Waals surface area contributed by atoms with Crippen LogP contribution in [0.25, 0.3) is 11.1 Å². The van der Waals surface area contributed by atoms with Crippen LogP contribution in [-0.2, 0) is 6.54 Å². The minimum atomic E-state index is -0.575. The van der Waals surface area contributed by atoms with E-state index in [-0.39, 0.29) is 0 Å². The fraction of sp³-hybridized carbons (Fsp3) is 0.308. The van der Waals surface area contributed by atoms with Crippen molar-refractivity contribution in [2.45, 2.75) is 13.0 Å². The van der Waals surface area contributed by atoms with E-state index in [0.29, 0.717) is 17.7 Å². The van der Waals surface area contributed by atoms with Gasteiger partial charge in [0, 0.05) is 55.9 Å². The molecule has 0 atom stereocenters. The maximum Gasteiger partial charge on any atom is 0.133 e. The van der Waals surface area contributed by atoms with Gasteiger partial charge in [-0.05, 0) is 53.9 Å². The fourth-order valence-electron chi connectivity index (χ4n) is 3.95. The smallest absolute Gasteiger partial charge is 0.133 e. The zero-order valence-electron chi connectivity index (χ0n) is 17.9. The molecular weight excluding hydrogens is 430 g/mol. The van der Waals surface area contributed by atoms with Gasteiger partial charge in [-0.15, -0.1) is 0 Å². The third kappa shape index (κ3) is 6.28. The lowest BCUT2D eigenvalue weighted by atomic mass is 10.1. The number of nitrogens with zero attached hydrogens (tertiary/aromatic N) is 2. The van der Waals surface area contributed by atoms with E-state index >= 15 is 0 Å². The van der Waals surface area contributed by atoms with E-state index in [1.165, 1.54) is 17.7 Å². The Kier molecular flexibility index (Phi) is 7.74. The summed E-state index contributed by atoms with van der Waals surface area (Å²) in [6.45, 7) is 6.85. The quantitative estimate of drug-likeness (QED) is 0.394. The minimum absolute atomic E-state index is 0.383. The molecule has 0 N–H and O–H groups in total. The molecule has 0 radical (unpaired) electrons. The van der Waals surface area contributed by atoms with Crippen LogP contribution < -0.4 is 4.74 Å². The van der Waals surface area contributed by atoms with Gasteiger partial charge in [-0.25, -0.2) is 8.78 Å². The predicted molar refractivity (Wildman–Crippen MR) is 125 cm³/mol. The first-order valence-electron chi connectivity index (χ1n) is 10.9. The maximum absolute atomic E-state index is 13.9. The molecule has 0 amide bonds. The van der Waals surface area contributed by atoms with E-state index in [0.717, 1.165) is 62.5 Å². The van der Waals surface area contributed by atoms with Crippen LogP contribution in [0.1, 0.15) is 12.0 Å². The molecule has 1 aliphatic heterocycles. The average molecular weight is 457 g/mol. The summed E-state index contributed by atoms with van der Waals surface area (Å²) in [5.74, 6) is -0.384. The van der Waals surface area contributed by atoms with Gasteiger partial charge in [0.2, 0.25) is 0 Å². The highest BCUT2D eigenvalue weighted by Crippen LogP contribution is 2.25. The lowest BCUT2D eigenvalue weighted by molar-refractivity contribution is 0.121.